The van der Waals surface area contributed by atoms with Crippen LogP contribution in [0.2, 0.25) is 0 Å². The fourth-order valence-corrected chi connectivity index (χ4v) is 2.49. The number of aromatic nitrogens is 1. The minimum atomic E-state index is 0.739. The van der Waals surface area contributed by atoms with Gasteiger partial charge in [0.2, 0.25) is 0 Å². The lowest BCUT2D eigenvalue weighted by Gasteiger charge is -2.06. The largest absolute Gasteiger partial charge is 0.340 e. The summed E-state index contributed by atoms with van der Waals surface area (Å²) in [6.45, 7) is 3.95. The molecule has 0 aromatic carbocycles. The number of rotatable bonds is 5. The molecular formula is C15H21N3. The van der Waals surface area contributed by atoms with Gasteiger partial charge in [0.05, 0.1) is 0 Å². The fraction of sp³-hybridized carbons (Fsp3) is 0.533. The molecule has 1 N–H and O–H groups in total. The Morgan fingerprint density at radius 3 is 2.94 bits per heavy atom. The van der Waals surface area contributed by atoms with E-state index < -0.39 is 0 Å². The Balaban J connectivity index is 1.81. The van der Waals surface area contributed by atoms with Crippen molar-refractivity contribution in [2.75, 3.05) is 6.54 Å². The molecule has 3 nitrogen and oxygen atoms in total. The zero-order valence-corrected chi connectivity index (χ0v) is 11.3. The van der Waals surface area contributed by atoms with Crippen molar-refractivity contribution in [3.05, 3.63) is 34.7 Å². The molecule has 0 aliphatic heterocycles. The molecule has 0 bridgehead atoms. The number of nitriles is 1. The highest BCUT2D eigenvalue weighted by Crippen LogP contribution is 2.20. The average Bonchev–Trinajstić information content (AvgIpc) is 2.97. The molecule has 0 atom stereocenters. The molecule has 1 heterocycles. The van der Waals surface area contributed by atoms with Gasteiger partial charge in [-0.05, 0) is 50.8 Å². The minimum absolute atomic E-state index is 0.739. The zero-order chi connectivity index (χ0) is 13.0. The van der Waals surface area contributed by atoms with Crippen molar-refractivity contribution in [1.82, 2.24) is 9.88 Å². The number of hydrogen-bond donors (Lipinski definition) is 1. The summed E-state index contributed by atoms with van der Waals surface area (Å²) in [5, 5.41) is 12.4. The molecule has 1 aliphatic rings. The molecule has 0 saturated carbocycles. The topological polar surface area (TPSA) is 40.8 Å². The lowest BCUT2D eigenvalue weighted by atomic mass is 10.1. The number of nitrogens with one attached hydrogen (secondary N) is 1. The normalized spacial score (nSPS) is 14.6. The second kappa shape index (κ2) is 5.88. The molecule has 1 aromatic rings. The molecule has 0 spiro atoms. The predicted molar refractivity (Wildman–Crippen MR) is 73.1 cm³/mol. The van der Waals surface area contributed by atoms with Crippen molar-refractivity contribution in [1.29, 1.82) is 5.26 Å². The van der Waals surface area contributed by atoms with Crippen LogP contribution in [0.3, 0.4) is 0 Å². The summed E-state index contributed by atoms with van der Waals surface area (Å²) in [6.07, 6.45) is 7.42. The van der Waals surface area contributed by atoms with Gasteiger partial charge in [0.1, 0.15) is 11.8 Å². The minimum Gasteiger partial charge on any atom is -0.340 e. The summed E-state index contributed by atoms with van der Waals surface area (Å²) in [4.78, 5) is 0. The number of allylic oxidation sites excluding steroid dienone is 1. The Bertz CT molecular complexity index is 489. The van der Waals surface area contributed by atoms with E-state index in [0.717, 1.165) is 25.2 Å². The summed E-state index contributed by atoms with van der Waals surface area (Å²) < 4.78 is 1.95. The van der Waals surface area contributed by atoms with Crippen molar-refractivity contribution >= 4 is 0 Å². The maximum atomic E-state index is 8.97. The van der Waals surface area contributed by atoms with Gasteiger partial charge in [0, 0.05) is 19.3 Å². The number of hydrogen-bond acceptors (Lipinski definition) is 2. The molecule has 0 saturated heterocycles. The molecule has 0 amide bonds. The fourth-order valence-electron chi connectivity index (χ4n) is 2.49. The van der Waals surface area contributed by atoms with Crippen molar-refractivity contribution in [2.45, 2.75) is 39.2 Å². The van der Waals surface area contributed by atoms with E-state index in [9.17, 15) is 0 Å². The van der Waals surface area contributed by atoms with Gasteiger partial charge in [0.25, 0.3) is 0 Å². The standard InChI is InChI=1S/C15H21N3/c1-12-14(9-15(10-16)18(12)2)11-17-8-7-13-5-3-4-6-13/h5,9,17H,3-4,6-8,11H2,1-2H3. The van der Waals surface area contributed by atoms with E-state index in [-0.39, 0.29) is 0 Å². The van der Waals surface area contributed by atoms with Crippen LogP contribution >= 0.6 is 0 Å². The predicted octanol–water partition coefficient (Wildman–Crippen LogP) is 2.80. The molecular weight excluding hydrogens is 222 g/mol. The maximum Gasteiger partial charge on any atom is 0.120 e. The maximum absolute atomic E-state index is 8.97. The van der Waals surface area contributed by atoms with E-state index in [1.54, 1.807) is 5.57 Å². The van der Waals surface area contributed by atoms with Crippen LogP contribution in [0, 0.1) is 18.3 Å². The molecule has 3 heteroatoms. The van der Waals surface area contributed by atoms with Gasteiger partial charge >= 0.3 is 0 Å². The van der Waals surface area contributed by atoms with Crippen LogP contribution in [0.15, 0.2) is 17.7 Å². The van der Waals surface area contributed by atoms with Gasteiger partial charge in [-0.15, -0.1) is 0 Å². The first-order valence-electron chi connectivity index (χ1n) is 6.66. The Morgan fingerprint density at radius 2 is 2.33 bits per heavy atom. The SMILES string of the molecule is Cc1c(CNCCC2=CCCC2)cc(C#N)n1C. The van der Waals surface area contributed by atoms with Crippen LogP contribution in [0.1, 0.15) is 42.6 Å². The van der Waals surface area contributed by atoms with Gasteiger partial charge in [-0.2, -0.15) is 5.26 Å². The van der Waals surface area contributed by atoms with Crippen molar-refractivity contribution < 1.29 is 0 Å². The monoisotopic (exact) mass is 243 g/mol. The third-order valence-corrected chi connectivity index (χ3v) is 3.83. The van der Waals surface area contributed by atoms with E-state index in [2.05, 4.69) is 24.4 Å². The highest BCUT2D eigenvalue weighted by molar-refractivity contribution is 5.34. The van der Waals surface area contributed by atoms with Crippen molar-refractivity contribution in [2.24, 2.45) is 7.05 Å². The highest BCUT2D eigenvalue weighted by Gasteiger charge is 2.08. The Kier molecular flexibility index (Phi) is 4.22. The summed E-state index contributed by atoms with van der Waals surface area (Å²) in [6, 6.07) is 4.20. The Morgan fingerprint density at radius 1 is 1.50 bits per heavy atom. The summed E-state index contributed by atoms with van der Waals surface area (Å²) >= 11 is 0. The van der Waals surface area contributed by atoms with Crippen molar-refractivity contribution in [3.63, 3.8) is 0 Å². The zero-order valence-electron chi connectivity index (χ0n) is 11.3. The lowest BCUT2D eigenvalue weighted by Crippen LogP contribution is -2.15. The summed E-state index contributed by atoms with van der Waals surface area (Å²) in [5.74, 6) is 0. The summed E-state index contributed by atoms with van der Waals surface area (Å²) in [7, 11) is 1.95. The quantitative estimate of drug-likeness (QED) is 0.638. The lowest BCUT2D eigenvalue weighted by molar-refractivity contribution is 0.671. The Hall–Kier alpha value is -1.53. The van der Waals surface area contributed by atoms with Gasteiger partial charge in [0.15, 0.2) is 0 Å². The third kappa shape index (κ3) is 2.83. The molecule has 1 aliphatic carbocycles. The molecule has 96 valence electrons. The second-order valence-corrected chi connectivity index (χ2v) is 4.99. The van der Waals surface area contributed by atoms with Crippen LogP contribution in [0.5, 0.6) is 0 Å². The van der Waals surface area contributed by atoms with Gasteiger partial charge in [-0.3, -0.25) is 0 Å². The second-order valence-electron chi connectivity index (χ2n) is 4.99. The molecule has 1 aromatic heterocycles. The molecule has 2 rings (SSSR count). The highest BCUT2D eigenvalue weighted by atomic mass is 15.0. The van der Waals surface area contributed by atoms with E-state index >= 15 is 0 Å². The van der Waals surface area contributed by atoms with Crippen LogP contribution < -0.4 is 5.32 Å². The van der Waals surface area contributed by atoms with E-state index in [4.69, 9.17) is 5.26 Å². The molecule has 18 heavy (non-hydrogen) atoms. The first kappa shape index (κ1) is 12.9. The molecule has 0 unspecified atom stereocenters. The first-order chi connectivity index (χ1) is 8.72. The van der Waals surface area contributed by atoms with Gasteiger partial charge in [-0.25, -0.2) is 0 Å². The van der Waals surface area contributed by atoms with Crippen molar-refractivity contribution in [3.8, 4) is 6.07 Å². The third-order valence-electron chi connectivity index (χ3n) is 3.83. The van der Waals surface area contributed by atoms with Crippen LogP contribution in [0.25, 0.3) is 0 Å². The van der Waals surface area contributed by atoms with E-state index in [1.165, 1.54) is 30.5 Å². The Labute approximate surface area is 109 Å². The average molecular weight is 243 g/mol. The smallest absolute Gasteiger partial charge is 0.120 e. The van der Waals surface area contributed by atoms with Crippen LogP contribution in [0.4, 0.5) is 0 Å². The molecule has 0 fully saturated rings. The first-order valence-corrected chi connectivity index (χ1v) is 6.66. The van der Waals surface area contributed by atoms with Crippen LogP contribution in [-0.2, 0) is 13.6 Å². The van der Waals surface area contributed by atoms with E-state index in [0.29, 0.717) is 0 Å². The van der Waals surface area contributed by atoms with Crippen LogP contribution in [-0.4, -0.2) is 11.1 Å². The van der Waals surface area contributed by atoms with Gasteiger partial charge < -0.3 is 9.88 Å². The van der Waals surface area contributed by atoms with E-state index in [1.807, 2.05) is 17.7 Å². The number of nitrogens with zero attached hydrogens (tertiary/aromatic N) is 2. The van der Waals surface area contributed by atoms with Gasteiger partial charge in [-0.1, -0.05) is 11.6 Å². The molecule has 0 radical (unpaired) electrons. The summed E-state index contributed by atoms with van der Waals surface area (Å²) in [5.41, 5.74) is 4.75.